The Morgan fingerprint density at radius 3 is 1.86 bits per heavy atom. The van der Waals surface area contributed by atoms with E-state index in [1.807, 2.05) is 32.9 Å². The smallest absolute Gasteiger partial charge is 0.475 e. The summed E-state index contributed by atoms with van der Waals surface area (Å²) in [5, 5.41) is 9.82. The third-order valence-corrected chi connectivity index (χ3v) is 6.73. The minimum atomic E-state index is -5.08. The van der Waals surface area contributed by atoms with Crippen molar-refractivity contribution >= 4 is 33.1 Å². The normalized spacial score (nSPS) is 11.8. The zero-order valence-corrected chi connectivity index (χ0v) is 20.9. The van der Waals surface area contributed by atoms with Crippen LogP contribution in [0.1, 0.15) is 31.4 Å². The number of aryl methyl sites for hydroxylation is 1. The number of carboxylic acids is 1. The van der Waals surface area contributed by atoms with E-state index in [1.54, 1.807) is 6.07 Å². The second kappa shape index (κ2) is 12.8. The number of hydrogen-bond donors (Lipinski definition) is 2. The summed E-state index contributed by atoms with van der Waals surface area (Å²) in [7, 11) is -3.88. The van der Waals surface area contributed by atoms with Gasteiger partial charge < -0.3 is 15.3 Å². The summed E-state index contributed by atoms with van der Waals surface area (Å²) in [4.78, 5) is 23.0. The number of aliphatic carboxylic acids is 1. The molecular weight excluding hydrogens is 530 g/mol. The van der Waals surface area contributed by atoms with Crippen LogP contribution in [0.5, 0.6) is 0 Å². The number of amides is 1. The van der Waals surface area contributed by atoms with Crippen LogP contribution in [0.4, 0.5) is 37.7 Å². The first-order valence-electron chi connectivity index (χ1n) is 10.8. The molecule has 14 heteroatoms. The van der Waals surface area contributed by atoms with Crippen molar-refractivity contribution in [2.45, 2.75) is 44.4 Å². The summed E-state index contributed by atoms with van der Waals surface area (Å²) in [6, 6.07) is 8.85. The van der Waals surface area contributed by atoms with E-state index in [1.165, 1.54) is 0 Å². The van der Waals surface area contributed by atoms with Crippen LogP contribution in [0.2, 0.25) is 0 Å². The van der Waals surface area contributed by atoms with Gasteiger partial charge in [-0.3, -0.25) is 4.79 Å². The molecule has 2 aromatic rings. The summed E-state index contributed by atoms with van der Waals surface area (Å²) in [6.07, 6.45) is -9.93. The molecule has 1 amide bonds. The van der Waals surface area contributed by atoms with Gasteiger partial charge in [-0.25, -0.2) is 13.2 Å². The summed E-state index contributed by atoms with van der Waals surface area (Å²) in [5.74, 6) is -3.74. The molecule has 2 N–H and O–H groups in total. The minimum absolute atomic E-state index is 0.247. The van der Waals surface area contributed by atoms with E-state index in [0.29, 0.717) is 17.8 Å². The Morgan fingerprint density at radius 2 is 1.46 bits per heavy atom. The molecule has 206 valence electrons. The molecule has 0 atom stereocenters. The van der Waals surface area contributed by atoms with Gasteiger partial charge in [0.15, 0.2) is 9.84 Å². The van der Waals surface area contributed by atoms with Crippen molar-refractivity contribution in [1.29, 1.82) is 0 Å². The van der Waals surface area contributed by atoms with Gasteiger partial charge in [0.25, 0.3) is 0 Å². The summed E-state index contributed by atoms with van der Waals surface area (Å²) >= 11 is 0. The van der Waals surface area contributed by atoms with Gasteiger partial charge in [-0.2, -0.15) is 26.3 Å². The maximum Gasteiger partial charge on any atom is 0.490 e. The molecule has 0 aliphatic carbocycles. The molecule has 0 heterocycles. The van der Waals surface area contributed by atoms with Crippen molar-refractivity contribution in [3.8, 4) is 0 Å². The lowest BCUT2D eigenvalue weighted by Crippen LogP contribution is -2.22. The van der Waals surface area contributed by atoms with Crippen molar-refractivity contribution in [3.63, 3.8) is 0 Å². The summed E-state index contributed by atoms with van der Waals surface area (Å²) in [5.41, 5.74) is 1.53. The van der Waals surface area contributed by atoms with Gasteiger partial charge >= 0.3 is 18.3 Å². The highest BCUT2D eigenvalue weighted by Gasteiger charge is 2.38. The lowest BCUT2D eigenvalue weighted by molar-refractivity contribution is -0.192. The molecule has 0 bridgehead atoms. The molecule has 0 saturated carbocycles. The molecule has 0 radical (unpaired) electrons. The van der Waals surface area contributed by atoms with Crippen LogP contribution in [-0.4, -0.2) is 50.4 Å². The monoisotopic (exact) mass is 556 g/mol. The molecule has 0 aliphatic heterocycles. The molecule has 0 spiro atoms. The average molecular weight is 557 g/mol. The Bertz CT molecular complexity index is 1180. The Kier molecular flexibility index (Phi) is 11.0. The van der Waals surface area contributed by atoms with Crippen LogP contribution < -0.4 is 10.2 Å². The molecule has 0 saturated heterocycles. The molecule has 0 fully saturated rings. The number of anilines is 2. The molecule has 2 rings (SSSR count). The van der Waals surface area contributed by atoms with Gasteiger partial charge in [0.2, 0.25) is 5.91 Å². The lowest BCUT2D eigenvalue weighted by atomic mass is 10.1. The predicted octanol–water partition coefficient (Wildman–Crippen LogP) is 5.30. The first kappa shape index (κ1) is 31.7. The Labute approximate surface area is 210 Å². The third kappa shape index (κ3) is 9.94. The first-order chi connectivity index (χ1) is 16.9. The number of sulfone groups is 1. The summed E-state index contributed by atoms with van der Waals surface area (Å²) in [6.45, 7) is 7.64. The molecule has 2 aromatic carbocycles. The standard InChI is InChI=1S/C21H25F3N2O3S.C2HF3O2/c1-4-26(5-2)17-8-11-19(15(3)14-17)25-20(27)12-13-30(28,29)18-9-6-16(7-10-18)21(22,23)24;3-2(4,5)1(6)7/h6-11,14H,4-5,12-13H2,1-3H3,(H,25,27);(H,6,7). The van der Waals surface area contributed by atoms with Crippen LogP contribution >= 0.6 is 0 Å². The lowest BCUT2D eigenvalue weighted by Gasteiger charge is -2.22. The molecule has 7 nitrogen and oxygen atoms in total. The zero-order chi connectivity index (χ0) is 28.6. The molecule has 0 unspecified atom stereocenters. The minimum Gasteiger partial charge on any atom is -0.475 e. The van der Waals surface area contributed by atoms with Crippen molar-refractivity contribution in [2.24, 2.45) is 0 Å². The second-order valence-electron chi connectivity index (χ2n) is 7.61. The fourth-order valence-electron chi connectivity index (χ4n) is 2.98. The average Bonchev–Trinajstić information content (AvgIpc) is 2.79. The van der Waals surface area contributed by atoms with E-state index in [4.69, 9.17) is 9.90 Å². The van der Waals surface area contributed by atoms with Crippen molar-refractivity contribution in [3.05, 3.63) is 53.6 Å². The number of carboxylic acid groups (broad SMARTS) is 1. The van der Waals surface area contributed by atoms with Gasteiger partial charge in [-0.1, -0.05) is 0 Å². The van der Waals surface area contributed by atoms with Crippen LogP contribution in [0.3, 0.4) is 0 Å². The van der Waals surface area contributed by atoms with Gasteiger partial charge in [0.05, 0.1) is 16.2 Å². The number of carbonyl (C=O) groups excluding carboxylic acids is 1. The highest BCUT2D eigenvalue weighted by atomic mass is 32.2. The first-order valence-corrected chi connectivity index (χ1v) is 12.4. The predicted molar refractivity (Wildman–Crippen MR) is 125 cm³/mol. The van der Waals surface area contributed by atoms with Crippen LogP contribution in [-0.2, 0) is 25.6 Å². The van der Waals surface area contributed by atoms with Crippen molar-refractivity contribution in [1.82, 2.24) is 0 Å². The van der Waals surface area contributed by atoms with Gasteiger partial charge in [0, 0.05) is 30.9 Å². The van der Waals surface area contributed by atoms with Crippen molar-refractivity contribution < 1.29 is 49.5 Å². The maximum absolute atomic E-state index is 12.6. The van der Waals surface area contributed by atoms with Gasteiger partial charge in [-0.15, -0.1) is 0 Å². The number of benzene rings is 2. The van der Waals surface area contributed by atoms with Crippen LogP contribution in [0, 0.1) is 6.92 Å². The third-order valence-electron chi connectivity index (χ3n) is 4.99. The number of hydrogen-bond acceptors (Lipinski definition) is 5. The number of alkyl halides is 6. The molecule has 0 aromatic heterocycles. The number of halogens is 6. The topological polar surface area (TPSA) is 104 Å². The van der Waals surface area contributed by atoms with E-state index >= 15 is 0 Å². The Balaban J connectivity index is 0.000000856. The molecular formula is C23H26F6N2O5S. The largest absolute Gasteiger partial charge is 0.490 e. The Morgan fingerprint density at radius 1 is 0.946 bits per heavy atom. The number of rotatable bonds is 8. The fraction of sp³-hybridized carbons (Fsp3) is 0.391. The second-order valence-corrected chi connectivity index (χ2v) is 9.72. The maximum atomic E-state index is 12.6. The van der Waals surface area contributed by atoms with Crippen LogP contribution in [0.15, 0.2) is 47.4 Å². The van der Waals surface area contributed by atoms with Gasteiger partial charge in [0.1, 0.15) is 0 Å². The van der Waals surface area contributed by atoms with E-state index in [-0.39, 0.29) is 11.3 Å². The number of carbonyl (C=O) groups is 2. The highest BCUT2D eigenvalue weighted by molar-refractivity contribution is 7.91. The van der Waals surface area contributed by atoms with E-state index < -0.39 is 45.4 Å². The highest BCUT2D eigenvalue weighted by Crippen LogP contribution is 2.30. The number of nitrogens with zero attached hydrogens (tertiary/aromatic N) is 1. The van der Waals surface area contributed by atoms with E-state index in [9.17, 15) is 39.6 Å². The summed E-state index contributed by atoms with van der Waals surface area (Å²) < 4.78 is 94.3. The van der Waals surface area contributed by atoms with E-state index in [2.05, 4.69) is 10.2 Å². The van der Waals surface area contributed by atoms with Crippen LogP contribution in [0.25, 0.3) is 0 Å². The molecule has 0 aliphatic rings. The van der Waals surface area contributed by atoms with Gasteiger partial charge in [-0.05, 0) is 68.8 Å². The molecule has 37 heavy (non-hydrogen) atoms. The fourth-order valence-corrected chi connectivity index (χ4v) is 4.22. The Hall–Kier alpha value is -3.29. The van der Waals surface area contributed by atoms with E-state index in [0.717, 1.165) is 36.5 Å². The quantitative estimate of drug-likeness (QED) is 0.428. The zero-order valence-electron chi connectivity index (χ0n) is 20.1. The SMILES string of the molecule is CCN(CC)c1ccc(NC(=O)CCS(=O)(=O)c2ccc(C(F)(F)F)cc2)c(C)c1.O=C(O)C(F)(F)F. The van der Waals surface area contributed by atoms with Crippen molar-refractivity contribution in [2.75, 3.05) is 29.1 Å². The number of nitrogens with one attached hydrogen (secondary N) is 1.